The molecule has 0 spiro atoms. The van der Waals surface area contributed by atoms with Crippen molar-refractivity contribution in [2.24, 2.45) is 0 Å². The number of rotatable bonds is 8. The van der Waals surface area contributed by atoms with Crippen molar-refractivity contribution in [3.63, 3.8) is 0 Å². The number of imidazole rings is 1. The molecule has 1 aromatic heterocycles. The second-order valence-electron chi connectivity index (χ2n) is 9.71. The summed E-state index contributed by atoms with van der Waals surface area (Å²) in [5, 5.41) is 2.97. The van der Waals surface area contributed by atoms with Crippen LogP contribution in [0.5, 0.6) is 0 Å². The fourth-order valence-corrected chi connectivity index (χ4v) is 4.77. The van der Waals surface area contributed by atoms with Crippen LogP contribution in [0, 0.1) is 13.8 Å². The smallest absolute Gasteiger partial charge is 0.254 e. The number of carbonyl (C=O) groups excluding carboxylic acids is 2. The zero-order valence-corrected chi connectivity index (χ0v) is 21.8. The van der Waals surface area contributed by atoms with Gasteiger partial charge in [0.15, 0.2) is 0 Å². The topological polar surface area (TPSA) is 76.5 Å². The molecule has 5 rings (SSSR count). The van der Waals surface area contributed by atoms with Gasteiger partial charge in [0, 0.05) is 36.2 Å². The van der Waals surface area contributed by atoms with E-state index in [0.29, 0.717) is 24.7 Å². The zero-order chi connectivity index (χ0) is 26.5. The highest BCUT2D eigenvalue weighted by molar-refractivity contribution is 6.00. The van der Waals surface area contributed by atoms with Gasteiger partial charge in [-0.15, -0.1) is 0 Å². The lowest BCUT2D eigenvalue weighted by Gasteiger charge is -2.25. The normalized spacial score (nSPS) is 14.8. The Balaban J connectivity index is 1.42. The number of benzene rings is 3. The summed E-state index contributed by atoms with van der Waals surface area (Å²) in [5.74, 6) is -0.0929. The van der Waals surface area contributed by atoms with Gasteiger partial charge in [0.25, 0.3) is 5.91 Å². The Kier molecular flexibility index (Phi) is 7.65. The molecule has 1 aliphatic rings. The predicted octanol–water partition coefficient (Wildman–Crippen LogP) is 5.42. The lowest BCUT2D eigenvalue weighted by molar-refractivity contribution is -0.117. The van der Waals surface area contributed by atoms with Crippen molar-refractivity contribution in [2.75, 3.05) is 25.0 Å². The molecule has 1 saturated heterocycles. The molecule has 1 atom stereocenters. The summed E-state index contributed by atoms with van der Waals surface area (Å²) < 4.78 is 7.67. The van der Waals surface area contributed by atoms with Crippen LogP contribution in [0.3, 0.4) is 0 Å². The average molecular weight is 509 g/mol. The van der Waals surface area contributed by atoms with Crippen molar-refractivity contribution in [2.45, 2.75) is 32.8 Å². The van der Waals surface area contributed by atoms with Gasteiger partial charge >= 0.3 is 0 Å². The highest BCUT2D eigenvalue weighted by Crippen LogP contribution is 2.25. The third-order valence-electron chi connectivity index (χ3n) is 6.75. The van der Waals surface area contributed by atoms with E-state index in [1.165, 1.54) is 0 Å². The molecule has 0 bridgehead atoms. The number of nitrogens with zero attached hydrogens (tertiary/aromatic N) is 3. The molecule has 1 fully saturated rings. The Morgan fingerprint density at radius 2 is 1.82 bits per heavy atom. The van der Waals surface area contributed by atoms with Crippen molar-refractivity contribution in [1.82, 2.24) is 14.5 Å². The van der Waals surface area contributed by atoms with E-state index in [-0.39, 0.29) is 24.5 Å². The van der Waals surface area contributed by atoms with E-state index in [2.05, 4.69) is 5.32 Å². The molecule has 7 heteroatoms. The summed E-state index contributed by atoms with van der Waals surface area (Å²) in [6.45, 7) is 4.87. The van der Waals surface area contributed by atoms with E-state index in [4.69, 9.17) is 9.72 Å². The summed E-state index contributed by atoms with van der Waals surface area (Å²) in [6.07, 6.45) is 3.67. The minimum absolute atomic E-state index is 0.0743. The molecule has 2 heterocycles. The molecular weight excluding hydrogens is 476 g/mol. The van der Waals surface area contributed by atoms with Crippen molar-refractivity contribution in [1.29, 1.82) is 0 Å². The van der Waals surface area contributed by atoms with Crippen LogP contribution in [-0.2, 0) is 9.53 Å². The van der Waals surface area contributed by atoms with Crippen molar-refractivity contribution in [3.8, 4) is 16.9 Å². The molecule has 0 saturated carbocycles. The van der Waals surface area contributed by atoms with Crippen LogP contribution in [0.2, 0.25) is 0 Å². The van der Waals surface area contributed by atoms with Crippen LogP contribution < -0.4 is 5.32 Å². The average Bonchev–Trinajstić information content (AvgIpc) is 3.59. The Bertz CT molecular complexity index is 1420. The number of aryl methyl sites for hydroxylation is 2. The monoisotopic (exact) mass is 508 g/mol. The number of hydrogen-bond donors (Lipinski definition) is 1. The van der Waals surface area contributed by atoms with E-state index < -0.39 is 0 Å². The van der Waals surface area contributed by atoms with Crippen LogP contribution in [0.4, 0.5) is 5.95 Å². The highest BCUT2D eigenvalue weighted by atomic mass is 16.5. The molecule has 3 aromatic carbocycles. The van der Waals surface area contributed by atoms with Gasteiger partial charge in [0.05, 0.1) is 11.8 Å². The number of nitrogens with one attached hydrogen (secondary N) is 1. The molecule has 2 amide bonds. The number of amides is 2. The molecule has 0 radical (unpaired) electrons. The van der Waals surface area contributed by atoms with Crippen LogP contribution in [0.15, 0.2) is 85.1 Å². The summed E-state index contributed by atoms with van der Waals surface area (Å²) in [4.78, 5) is 33.3. The Morgan fingerprint density at radius 1 is 1.03 bits per heavy atom. The van der Waals surface area contributed by atoms with Crippen molar-refractivity contribution in [3.05, 3.63) is 102 Å². The van der Waals surface area contributed by atoms with Crippen molar-refractivity contribution < 1.29 is 14.3 Å². The van der Waals surface area contributed by atoms with Gasteiger partial charge in [0.2, 0.25) is 11.9 Å². The zero-order valence-electron chi connectivity index (χ0n) is 21.8. The number of carbonyl (C=O) groups is 2. The molecule has 38 heavy (non-hydrogen) atoms. The second kappa shape index (κ2) is 11.4. The second-order valence-corrected chi connectivity index (χ2v) is 9.71. The third-order valence-corrected chi connectivity index (χ3v) is 6.75. The van der Waals surface area contributed by atoms with E-state index in [1.807, 2.05) is 97.4 Å². The van der Waals surface area contributed by atoms with Crippen LogP contribution in [0.1, 0.15) is 34.3 Å². The Hall–Kier alpha value is -4.23. The van der Waals surface area contributed by atoms with Gasteiger partial charge in [0.1, 0.15) is 6.54 Å². The molecule has 0 aliphatic carbocycles. The maximum Gasteiger partial charge on any atom is 0.254 e. The number of anilines is 1. The molecule has 1 N–H and O–H groups in total. The maximum atomic E-state index is 13.5. The largest absolute Gasteiger partial charge is 0.376 e. The maximum absolute atomic E-state index is 13.5. The minimum atomic E-state index is -0.316. The van der Waals surface area contributed by atoms with Gasteiger partial charge in [-0.3, -0.25) is 19.5 Å². The molecule has 0 unspecified atom stereocenters. The van der Waals surface area contributed by atoms with Crippen LogP contribution in [0.25, 0.3) is 16.9 Å². The van der Waals surface area contributed by atoms with Gasteiger partial charge in [-0.2, -0.15) is 0 Å². The first-order chi connectivity index (χ1) is 18.5. The van der Waals surface area contributed by atoms with E-state index in [9.17, 15) is 9.59 Å². The molecule has 194 valence electrons. The molecule has 1 aliphatic heterocycles. The number of hydrogen-bond acceptors (Lipinski definition) is 4. The van der Waals surface area contributed by atoms with E-state index in [1.54, 1.807) is 11.0 Å². The molecule has 4 aromatic rings. The standard InChI is InChI=1S/C31H32N4O3/c1-22-10-8-14-25(18-22)35-20-28(24-12-4-3-5-13-24)32-31(35)33-29(36)21-34(19-26-15-9-17-38-26)30(37)27-16-7-6-11-23(27)2/h3-8,10-14,16,18,20,26H,9,15,17,19,21H2,1-2H3,(H,32,33,36)/t26-/m1/s1. The first-order valence-electron chi connectivity index (χ1n) is 13.0. The molecule has 7 nitrogen and oxygen atoms in total. The lowest BCUT2D eigenvalue weighted by Crippen LogP contribution is -2.42. The Labute approximate surface area is 223 Å². The summed E-state index contributed by atoms with van der Waals surface area (Å²) in [7, 11) is 0. The first kappa shape index (κ1) is 25.4. The van der Waals surface area contributed by atoms with Gasteiger partial charge < -0.3 is 9.64 Å². The number of ether oxygens (including phenoxy) is 1. The molecular formula is C31H32N4O3. The van der Waals surface area contributed by atoms with Gasteiger partial charge in [-0.05, 0) is 56.0 Å². The Morgan fingerprint density at radius 3 is 2.55 bits per heavy atom. The summed E-state index contributed by atoms with van der Waals surface area (Å²) >= 11 is 0. The minimum Gasteiger partial charge on any atom is -0.376 e. The third kappa shape index (κ3) is 5.84. The summed E-state index contributed by atoms with van der Waals surface area (Å²) in [5.41, 5.74) is 5.14. The van der Waals surface area contributed by atoms with Crippen molar-refractivity contribution >= 4 is 17.8 Å². The van der Waals surface area contributed by atoms with Gasteiger partial charge in [-0.1, -0.05) is 60.7 Å². The number of aromatic nitrogens is 2. The quantitative estimate of drug-likeness (QED) is 0.345. The van der Waals surface area contributed by atoms with Gasteiger partial charge in [-0.25, -0.2) is 4.98 Å². The van der Waals surface area contributed by atoms with Crippen LogP contribution in [-0.4, -0.2) is 52.1 Å². The highest BCUT2D eigenvalue weighted by Gasteiger charge is 2.26. The fourth-order valence-electron chi connectivity index (χ4n) is 4.77. The summed E-state index contributed by atoms with van der Waals surface area (Å²) in [6, 6.07) is 25.3. The SMILES string of the molecule is Cc1cccc(-n2cc(-c3ccccc3)nc2NC(=O)CN(C[C@H]2CCCO2)C(=O)c2ccccc2C)c1. The predicted molar refractivity (Wildman–Crippen MR) is 148 cm³/mol. The van der Waals surface area contributed by atoms with E-state index >= 15 is 0 Å². The lowest BCUT2D eigenvalue weighted by atomic mass is 10.1. The first-order valence-corrected chi connectivity index (χ1v) is 13.0. The van der Waals surface area contributed by atoms with Crippen LogP contribution >= 0.6 is 0 Å². The van der Waals surface area contributed by atoms with E-state index in [0.717, 1.165) is 40.9 Å². The fraction of sp³-hybridized carbons (Fsp3) is 0.258.